The monoisotopic (exact) mass is 207 g/mol. The average molecular weight is 208 g/mol. The molecule has 0 spiro atoms. The second kappa shape index (κ2) is 3.02. The molecule has 0 aliphatic heterocycles. The Morgan fingerprint density at radius 1 is 1.54 bits per heavy atom. The van der Waals surface area contributed by atoms with Crippen molar-refractivity contribution in [1.82, 2.24) is 0 Å². The van der Waals surface area contributed by atoms with Gasteiger partial charge in [-0.3, -0.25) is 0 Å². The van der Waals surface area contributed by atoms with Crippen LogP contribution >= 0.6 is 22.9 Å². The first-order valence-electron chi connectivity index (χ1n) is 3.80. The minimum atomic E-state index is 0.667. The third-order valence-corrected chi connectivity index (χ3v) is 3.40. The second-order valence-corrected chi connectivity index (χ2v) is 4.13. The molecule has 0 saturated carbocycles. The first-order chi connectivity index (χ1) is 6.24. The van der Waals surface area contributed by atoms with Crippen LogP contribution in [0.25, 0.3) is 10.1 Å². The molecule has 0 bridgehead atoms. The van der Waals surface area contributed by atoms with E-state index >= 15 is 0 Å². The van der Waals surface area contributed by atoms with Crippen LogP contribution in [0.2, 0.25) is 5.02 Å². The smallest absolute Gasteiger partial charge is 0.101 e. The number of fused-ring (bicyclic) bond motifs is 1. The van der Waals surface area contributed by atoms with E-state index in [1.54, 1.807) is 17.4 Å². The first kappa shape index (κ1) is 8.55. The van der Waals surface area contributed by atoms with Crippen molar-refractivity contribution in [3.05, 3.63) is 33.7 Å². The maximum absolute atomic E-state index is 8.87. The van der Waals surface area contributed by atoms with Crippen molar-refractivity contribution < 1.29 is 0 Å². The molecule has 0 radical (unpaired) electrons. The Kier molecular flexibility index (Phi) is 1.99. The van der Waals surface area contributed by atoms with E-state index in [2.05, 4.69) is 6.07 Å². The molecule has 1 aromatic heterocycles. The van der Waals surface area contributed by atoms with Gasteiger partial charge in [0.1, 0.15) is 6.07 Å². The van der Waals surface area contributed by atoms with E-state index in [0.29, 0.717) is 10.6 Å². The Morgan fingerprint density at radius 3 is 3.00 bits per heavy atom. The highest BCUT2D eigenvalue weighted by atomic mass is 35.5. The van der Waals surface area contributed by atoms with E-state index in [9.17, 15) is 0 Å². The lowest BCUT2D eigenvalue weighted by Crippen LogP contribution is -1.80. The number of nitriles is 1. The van der Waals surface area contributed by atoms with Crippen molar-refractivity contribution >= 4 is 33.0 Å². The summed E-state index contributed by atoms with van der Waals surface area (Å²) >= 11 is 7.56. The predicted octanol–water partition coefficient (Wildman–Crippen LogP) is 3.73. The maximum Gasteiger partial charge on any atom is 0.101 e. The molecule has 0 fully saturated rings. The summed E-state index contributed by atoms with van der Waals surface area (Å²) in [5.41, 5.74) is 1.72. The first-order valence-corrected chi connectivity index (χ1v) is 5.06. The number of nitrogens with zero attached hydrogens (tertiary/aromatic N) is 1. The van der Waals surface area contributed by atoms with Crippen LogP contribution in [-0.2, 0) is 0 Å². The van der Waals surface area contributed by atoms with Gasteiger partial charge in [-0.1, -0.05) is 11.6 Å². The number of rotatable bonds is 0. The largest absolute Gasteiger partial charge is 0.192 e. The Labute approximate surface area is 85.2 Å². The Hall–Kier alpha value is -1.04. The summed E-state index contributed by atoms with van der Waals surface area (Å²) in [4.78, 5) is 0. The average Bonchev–Trinajstić information content (AvgIpc) is 2.60. The quantitative estimate of drug-likeness (QED) is 0.646. The van der Waals surface area contributed by atoms with E-state index in [4.69, 9.17) is 16.9 Å². The molecule has 0 N–H and O–H groups in total. The Bertz CT molecular complexity index is 507. The lowest BCUT2D eigenvalue weighted by Gasteiger charge is -2.00. The van der Waals surface area contributed by atoms with Gasteiger partial charge in [0, 0.05) is 5.02 Å². The van der Waals surface area contributed by atoms with Gasteiger partial charge >= 0.3 is 0 Å². The van der Waals surface area contributed by atoms with Crippen LogP contribution in [0.3, 0.4) is 0 Å². The van der Waals surface area contributed by atoms with Gasteiger partial charge in [0.05, 0.1) is 10.3 Å². The predicted molar refractivity (Wildman–Crippen MR) is 56.3 cm³/mol. The molecule has 2 rings (SSSR count). The Balaban J connectivity index is 2.97. The molecule has 13 heavy (non-hydrogen) atoms. The highest BCUT2D eigenvalue weighted by molar-refractivity contribution is 7.17. The van der Waals surface area contributed by atoms with Crippen LogP contribution in [0.5, 0.6) is 0 Å². The van der Waals surface area contributed by atoms with Crippen molar-refractivity contribution in [1.29, 1.82) is 5.26 Å². The molecule has 0 aliphatic carbocycles. The molecule has 0 saturated heterocycles. The summed E-state index contributed by atoms with van der Waals surface area (Å²) in [6, 6.07) is 5.88. The third-order valence-electron chi connectivity index (χ3n) is 2.06. The molecule has 1 aromatic carbocycles. The van der Waals surface area contributed by atoms with Gasteiger partial charge in [-0.25, -0.2) is 0 Å². The van der Waals surface area contributed by atoms with E-state index in [0.717, 1.165) is 15.6 Å². The molecule has 0 aliphatic rings. The van der Waals surface area contributed by atoms with Gasteiger partial charge in [-0.05, 0) is 35.4 Å². The summed E-state index contributed by atoms with van der Waals surface area (Å²) in [5, 5.41) is 12.6. The molecule has 0 amide bonds. The van der Waals surface area contributed by atoms with Crippen LogP contribution < -0.4 is 0 Å². The van der Waals surface area contributed by atoms with Crippen molar-refractivity contribution in [3.8, 4) is 6.07 Å². The highest BCUT2D eigenvalue weighted by Crippen LogP contribution is 2.32. The van der Waals surface area contributed by atoms with Gasteiger partial charge < -0.3 is 0 Å². The molecule has 3 heteroatoms. The maximum atomic E-state index is 8.87. The van der Waals surface area contributed by atoms with Crippen molar-refractivity contribution in [2.75, 3.05) is 0 Å². The topological polar surface area (TPSA) is 23.8 Å². The van der Waals surface area contributed by atoms with Crippen LogP contribution in [0, 0.1) is 18.3 Å². The van der Waals surface area contributed by atoms with Crippen LogP contribution in [0.15, 0.2) is 17.5 Å². The summed E-state index contributed by atoms with van der Waals surface area (Å²) in [7, 11) is 0. The summed E-state index contributed by atoms with van der Waals surface area (Å²) in [6.07, 6.45) is 0. The zero-order chi connectivity index (χ0) is 9.42. The Morgan fingerprint density at radius 2 is 2.31 bits per heavy atom. The zero-order valence-electron chi connectivity index (χ0n) is 6.97. The normalized spacial score (nSPS) is 10.2. The van der Waals surface area contributed by atoms with Crippen molar-refractivity contribution in [3.63, 3.8) is 0 Å². The molecule has 2 aromatic rings. The van der Waals surface area contributed by atoms with Gasteiger partial charge in [-0.15, -0.1) is 11.3 Å². The van der Waals surface area contributed by atoms with Gasteiger partial charge in [-0.2, -0.15) is 5.26 Å². The number of thiophene rings is 1. The lowest BCUT2D eigenvalue weighted by molar-refractivity contribution is 1.49. The fourth-order valence-electron chi connectivity index (χ4n) is 1.33. The molecule has 1 nitrogen and oxygen atoms in total. The second-order valence-electron chi connectivity index (χ2n) is 2.81. The minimum Gasteiger partial charge on any atom is -0.192 e. The van der Waals surface area contributed by atoms with Gasteiger partial charge in [0.2, 0.25) is 0 Å². The molecule has 0 unspecified atom stereocenters. The molecular weight excluding hydrogens is 202 g/mol. The SMILES string of the molecule is Cc1c(Cl)cc(C#N)c2sccc12. The number of aryl methyl sites for hydroxylation is 1. The number of halogens is 1. The van der Waals surface area contributed by atoms with Crippen LogP contribution in [-0.4, -0.2) is 0 Å². The van der Waals surface area contributed by atoms with E-state index < -0.39 is 0 Å². The molecule has 1 heterocycles. The lowest BCUT2D eigenvalue weighted by atomic mass is 10.1. The van der Waals surface area contributed by atoms with E-state index in [-0.39, 0.29) is 0 Å². The molecule has 0 atom stereocenters. The minimum absolute atomic E-state index is 0.667. The van der Waals surface area contributed by atoms with E-state index in [1.165, 1.54) is 0 Å². The highest BCUT2D eigenvalue weighted by Gasteiger charge is 2.07. The fraction of sp³-hybridized carbons (Fsp3) is 0.100. The van der Waals surface area contributed by atoms with Crippen molar-refractivity contribution in [2.45, 2.75) is 6.92 Å². The number of benzene rings is 1. The summed E-state index contributed by atoms with van der Waals surface area (Å²) in [5.74, 6) is 0. The fourth-order valence-corrected chi connectivity index (χ4v) is 2.46. The standard InChI is InChI=1S/C10H6ClNS/c1-6-8-2-3-13-10(8)7(5-12)4-9(6)11/h2-4H,1H3. The number of hydrogen-bond donors (Lipinski definition) is 0. The van der Waals surface area contributed by atoms with E-state index in [1.807, 2.05) is 18.4 Å². The zero-order valence-corrected chi connectivity index (χ0v) is 8.54. The van der Waals surface area contributed by atoms with Gasteiger partial charge in [0.25, 0.3) is 0 Å². The van der Waals surface area contributed by atoms with Crippen molar-refractivity contribution in [2.24, 2.45) is 0 Å². The third kappa shape index (κ3) is 1.21. The summed E-state index contributed by atoms with van der Waals surface area (Å²) in [6.45, 7) is 1.97. The van der Waals surface area contributed by atoms with Gasteiger partial charge in [0.15, 0.2) is 0 Å². The number of hydrogen-bond acceptors (Lipinski definition) is 2. The van der Waals surface area contributed by atoms with Crippen LogP contribution in [0.4, 0.5) is 0 Å². The summed E-state index contributed by atoms with van der Waals surface area (Å²) < 4.78 is 1.03. The van der Waals surface area contributed by atoms with Crippen LogP contribution in [0.1, 0.15) is 11.1 Å². The molecule has 64 valence electrons. The molecular formula is C10H6ClNS.